The van der Waals surface area contributed by atoms with Crippen LogP contribution >= 0.6 is 27.5 Å². The molecule has 27 heavy (non-hydrogen) atoms. The number of nitrogens with one attached hydrogen (secondary N) is 1. The van der Waals surface area contributed by atoms with Gasteiger partial charge in [-0.25, -0.2) is 9.67 Å². The fourth-order valence-corrected chi connectivity index (χ4v) is 3.25. The molecule has 0 spiro atoms. The maximum Gasteiger partial charge on any atom is 0.434 e. The van der Waals surface area contributed by atoms with Gasteiger partial charge < -0.3 is 0 Å². The number of para-hydroxylation sites is 1. The summed E-state index contributed by atoms with van der Waals surface area (Å²) in [6.45, 7) is 1.39. The van der Waals surface area contributed by atoms with E-state index in [1.807, 2.05) is 0 Å². The molecule has 3 aromatic rings. The van der Waals surface area contributed by atoms with Crippen LogP contribution in [0.5, 0.6) is 0 Å². The van der Waals surface area contributed by atoms with Crippen molar-refractivity contribution in [2.75, 3.05) is 0 Å². The number of nitrogens with zero attached hydrogens (tertiary/aromatic N) is 2. The summed E-state index contributed by atoms with van der Waals surface area (Å²) in [6.07, 6.45) is -4.85. The van der Waals surface area contributed by atoms with Crippen molar-refractivity contribution < 1.29 is 13.2 Å². The monoisotopic (exact) mass is 457 g/mol. The highest BCUT2D eigenvalue weighted by Crippen LogP contribution is 2.32. The molecule has 3 rings (SSSR count). The molecular weight excluding hydrogens is 447 g/mol. The number of hydrogen-bond acceptors (Lipinski definition) is 2. The zero-order chi connectivity index (χ0) is 19.8. The highest BCUT2D eigenvalue weighted by atomic mass is 79.9. The number of benzene rings is 2. The Morgan fingerprint density at radius 2 is 1.85 bits per heavy atom. The molecule has 0 aliphatic heterocycles. The van der Waals surface area contributed by atoms with E-state index >= 15 is 0 Å². The van der Waals surface area contributed by atoms with Gasteiger partial charge in [0.2, 0.25) is 0 Å². The van der Waals surface area contributed by atoms with E-state index in [1.54, 1.807) is 30.3 Å². The second-order valence-electron chi connectivity index (χ2n) is 5.64. The number of aliphatic imine (C=N–C) groups is 1. The van der Waals surface area contributed by atoms with Crippen molar-refractivity contribution in [2.24, 2.45) is 4.99 Å². The minimum Gasteiger partial charge on any atom is -0.295 e. The second-order valence-corrected chi connectivity index (χ2v) is 6.96. The molecular formula is C18H12BrClF3N3O. The lowest BCUT2D eigenvalue weighted by molar-refractivity contribution is -0.0580. The molecule has 2 aromatic carbocycles. The summed E-state index contributed by atoms with van der Waals surface area (Å²) >= 11 is 9.18. The molecule has 9 heteroatoms. The number of rotatable bonds is 3. The summed E-state index contributed by atoms with van der Waals surface area (Å²) in [5, 5.41) is 2.70. The summed E-state index contributed by atoms with van der Waals surface area (Å²) in [7, 11) is 0. The van der Waals surface area contributed by atoms with Gasteiger partial charge in [0.15, 0.2) is 5.71 Å². The number of aryl methyl sites for hydroxylation is 1. The summed E-state index contributed by atoms with van der Waals surface area (Å²) < 4.78 is 42.8. The third kappa shape index (κ3) is 4.01. The van der Waals surface area contributed by atoms with Crippen molar-refractivity contribution in [1.82, 2.24) is 9.78 Å². The molecule has 0 unspecified atom stereocenters. The Hall–Kier alpha value is -2.32. The van der Waals surface area contributed by atoms with Crippen LogP contribution < -0.4 is 5.56 Å². The number of halogens is 5. The van der Waals surface area contributed by atoms with Gasteiger partial charge in [0.25, 0.3) is 5.56 Å². The van der Waals surface area contributed by atoms with E-state index in [0.717, 1.165) is 4.68 Å². The van der Waals surface area contributed by atoms with Crippen LogP contribution in [0.25, 0.3) is 5.69 Å². The van der Waals surface area contributed by atoms with Gasteiger partial charge in [0.05, 0.1) is 22.0 Å². The zero-order valence-corrected chi connectivity index (χ0v) is 16.2. The SMILES string of the molecule is Cc1[nH]n(-c2ccccc2)c(=O)c1C(=Nc1ccc(Br)cc1Cl)C(F)(F)F. The van der Waals surface area contributed by atoms with E-state index in [9.17, 15) is 18.0 Å². The van der Waals surface area contributed by atoms with Gasteiger partial charge in [-0.05, 0) is 37.3 Å². The molecule has 0 atom stereocenters. The first-order valence-corrected chi connectivity index (χ1v) is 8.84. The number of H-pyrrole nitrogens is 1. The molecule has 0 bridgehead atoms. The average molecular weight is 459 g/mol. The lowest BCUT2D eigenvalue weighted by atomic mass is 10.1. The van der Waals surface area contributed by atoms with Crippen LogP contribution in [0.3, 0.4) is 0 Å². The Morgan fingerprint density at radius 3 is 2.44 bits per heavy atom. The number of aromatic nitrogens is 2. The smallest absolute Gasteiger partial charge is 0.295 e. The van der Waals surface area contributed by atoms with Crippen molar-refractivity contribution in [1.29, 1.82) is 0 Å². The molecule has 0 fully saturated rings. The van der Waals surface area contributed by atoms with E-state index in [2.05, 4.69) is 26.0 Å². The van der Waals surface area contributed by atoms with Gasteiger partial charge >= 0.3 is 6.18 Å². The van der Waals surface area contributed by atoms with Gasteiger partial charge in [0.1, 0.15) is 0 Å². The lowest BCUT2D eigenvalue weighted by Gasteiger charge is -2.10. The van der Waals surface area contributed by atoms with E-state index < -0.39 is 23.0 Å². The average Bonchev–Trinajstić information content (AvgIpc) is 2.89. The van der Waals surface area contributed by atoms with Crippen LogP contribution in [0.1, 0.15) is 11.3 Å². The molecule has 1 heterocycles. The molecule has 4 nitrogen and oxygen atoms in total. The number of alkyl halides is 3. The van der Waals surface area contributed by atoms with Crippen LogP contribution in [0.4, 0.5) is 18.9 Å². The van der Waals surface area contributed by atoms with Crippen LogP contribution in [-0.2, 0) is 0 Å². The summed E-state index contributed by atoms with van der Waals surface area (Å²) in [6, 6.07) is 12.6. The molecule has 0 saturated heterocycles. The standard InChI is InChI=1S/C18H12BrClF3N3O/c1-10-15(17(27)26(25-10)12-5-3-2-4-6-12)16(18(21,22)23)24-14-8-7-11(19)9-13(14)20/h2-9,25H,1H3. The normalized spacial score (nSPS) is 12.4. The van der Waals surface area contributed by atoms with Crippen molar-refractivity contribution >= 4 is 38.9 Å². The van der Waals surface area contributed by atoms with Gasteiger partial charge in [0, 0.05) is 10.2 Å². The summed E-state index contributed by atoms with van der Waals surface area (Å²) in [5.41, 5.74) is -2.32. The minimum absolute atomic E-state index is 0.0303. The molecule has 1 aromatic heterocycles. The zero-order valence-electron chi connectivity index (χ0n) is 13.8. The highest BCUT2D eigenvalue weighted by molar-refractivity contribution is 9.10. The predicted molar refractivity (Wildman–Crippen MR) is 103 cm³/mol. The molecule has 0 aliphatic rings. The Kier molecular flexibility index (Phi) is 5.30. The fourth-order valence-electron chi connectivity index (χ4n) is 2.54. The van der Waals surface area contributed by atoms with Crippen LogP contribution in [0.15, 0.2) is 62.8 Å². The van der Waals surface area contributed by atoms with Crippen LogP contribution in [0.2, 0.25) is 5.02 Å². The fraction of sp³-hybridized carbons (Fsp3) is 0.111. The van der Waals surface area contributed by atoms with Crippen LogP contribution in [-0.4, -0.2) is 21.7 Å². The second kappa shape index (κ2) is 7.36. The predicted octanol–water partition coefficient (Wildman–Crippen LogP) is 5.57. The Morgan fingerprint density at radius 1 is 1.19 bits per heavy atom. The molecule has 0 saturated carbocycles. The number of hydrogen-bond donors (Lipinski definition) is 1. The molecule has 0 radical (unpaired) electrons. The maximum atomic E-state index is 13.7. The van der Waals surface area contributed by atoms with E-state index in [0.29, 0.717) is 10.2 Å². The first-order chi connectivity index (χ1) is 12.7. The van der Waals surface area contributed by atoms with E-state index in [4.69, 9.17) is 11.6 Å². The van der Waals surface area contributed by atoms with Crippen LogP contribution in [0, 0.1) is 6.92 Å². The largest absolute Gasteiger partial charge is 0.434 e. The van der Waals surface area contributed by atoms with Gasteiger partial charge in [-0.3, -0.25) is 9.89 Å². The van der Waals surface area contributed by atoms with Crippen molar-refractivity contribution in [3.63, 3.8) is 0 Å². The van der Waals surface area contributed by atoms with Gasteiger partial charge in [-0.2, -0.15) is 13.2 Å². The summed E-state index contributed by atoms with van der Waals surface area (Å²) in [4.78, 5) is 16.4. The van der Waals surface area contributed by atoms with E-state index in [-0.39, 0.29) is 16.4 Å². The molecule has 0 aliphatic carbocycles. The van der Waals surface area contributed by atoms with Crippen molar-refractivity contribution in [3.05, 3.63) is 79.6 Å². The lowest BCUT2D eigenvalue weighted by Crippen LogP contribution is -2.30. The molecule has 1 N–H and O–H groups in total. The van der Waals surface area contributed by atoms with E-state index in [1.165, 1.54) is 25.1 Å². The number of aromatic amines is 1. The Balaban J connectivity index is 2.22. The Labute approximate surface area is 165 Å². The summed E-state index contributed by atoms with van der Waals surface area (Å²) in [5.74, 6) is 0. The molecule has 0 amide bonds. The minimum atomic E-state index is -4.85. The maximum absolute atomic E-state index is 13.7. The van der Waals surface area contributed by atoms with Gasteiger partial charge in [-0.1, -0.05) is 45.7 Å². The van der Waals surface area contributed by atoms with Gasteiger partial charge in [-0.15, -0.1) is 0 Å². The topological polar surface area (TPSA) is 50.1 Å². The van der Waals surface area contributed by atoms with Crippen molar-refractivity contribution in [2.45, 2.75) is 13.1 Å². The first-order valence-electron chi connectivity index (χ1n) is 7.67. The third-order valence-electron chi connectivity index (χ3n) is 3.73. The Bertz CT molecular complexity index is 1070. The molecule has 140 valence electrons. The quantitative estimate of drug-likeness (QED) is 0.512. The highest BCUT2D eigenvalue weighted by Gasteiger charge is 2.40. The first kappa shape index (κ1) is 19.4. The third-order valence-corrected chi connectivity index (χ3v) is 4.53. The van der Waals surface area contributed by atoms with Crippen molar-refractivity contribution in [3.8, 4) is 5.69 Å².